The fourth-order valence-electron chi connectivity index (χ4n) is 5.04. The molecule has 1 saturated carbocycles. The lowest BCUT2D eigenvalue weighted by Crippen LogP contribution is -2.41. The number of thiocarbonyl (C=S) groups is 1. The summed E-state index contributed by atoms with van der Waals surface area (Å²) >= 11 is 11.3. The van der Waals surface area contributed by atoms with Crippen molar-refractivity contribution in [1.82, 2.24) is 20.6 Å². The third-order valence-corrected chi connectivity index (χ3v) is 7.77. The minimum Gasteiger partial charge on any atom is -0.355 e. The number of aryl methyl sites for hydroxylation is 1. The van der Waals surface area contributed by atoms with E-state index >= 15 is 0 Å². The quantitative estimate of drug-likeness (QED) is 0.387. The van der Waals surface area contributed by atoms with Crippen LogP contribution >= 0.6 is 23.8 Å². The number of aromatic nitrogens is 1. The van der Waals surface area contributed by atoms with Crippen molar-refractivity contribution in [1.29, 1.82) is 0 Å². The number of benzene rings is 1. The molecule has 5 rings (SSSR count). The number of nitrogens with one attached hydrogen (secondary N) is 2. The van der Waals surface area contributed by atoms with Gasteiger partial charge in [-0.1, -0.05) is 54.7 Å². The third-order valence-electron chi connectivity index (χ3n) is 7.31. The molecule has 7 heteroatoms. The van der Waals surface area contributed by atoms with Gasteiger partial charge in [-0.25, -0.2) is 0 Å². The van der Waals surface area contributed by atoms with E-state index in [1.807, 2.05) is 18.3 Å². The number of rotatable bonds is 8. The monoisotopic (exact) mass is 491 g/mol. The molecule has 1 saturated heterocycles. The van der Waals surface area contributed by atoms with Gasteiger partial charge in [-0.3, -0.25) is 10.4 Å². The molecule has 1 aromatic carbocycles. The number of allylic oxidation sites excluding steroid dienone is 2. The Bertz CT molecular complexity index is 1160. The minimum absolute atomic E-state index is 0.0319. The van der Waals surface area contributed by atoms with Gasteiger partial charge >= 0.3 is 0 Å². The van der Waals surface area contributed by atoms with E-state index in [1.165, 1.54) is 28.1 Å². The van der Waals surface area contributed by atoms with Crippen LogP contribution in [0.5, 0.6) is 0 Å². The van der Waals surface area contributed by atoms with Crippen molar-refractivity contribution in [2.45, 2.75) is 44.1 Å². The van der Waals surface area contributed by atoms with Crippen LogP contribution in [0, 0.1) is 5.92 Å². The Morgan fingerprint density at radius 3 is 2.68 bits per heavy atom. The van der Waals surface area contributed by atoms with Gasteiger partial charge in [0.15, 0.2) is 0 Å². The van der Waals surface area contributed by atoms with Crippen molar-refractivity contribution < 1.29 is 0 Å². The number of pyridine rings is 1. The lowest BCUT2D eigenvalue weighted by atomic mass is 9.92. The predicted molar refractivity (Wildman–Crippen MR) is 144 cm³/mol. The van der Waals surface area contributed by atoms with Crippen molar-refractivity contribution in [3.8, 4) is 0 Å². The van der Waals surface area contributed by atoms with Crippen LogP contribution in [0.25, 0.3) is 5.57 Å². The zero-order valence-corrected chi connectivity index (χ0v) is 21.2. The van der Waals surface area contributed by atoms with E-state index < -0.39 is 0 Å². The van der Waals surface area contributed by atoms with E-state index in [4.69, 9.17) is 23.8 Å². The molecule has 0 radical (unpaired) electrons. The number of halogens is 1. The molecule has 1 aliphatic carbocycles. The number of nitrogens with zero attached hydrogens (tertiary/aromatic N) is 3. The van der Waals surface area contributed by atoms with E-state index in [9.17, 15) is 0 Å². The normalized spacial score (nSPS) is 25.9. The molecular formula is C27H30ClN5S. The first kappa shape index (κ1) is 23.2. The van der Waals surface area contributed by atoms with Crippen molar-refractivity contribution in [2.24, 2.45) is 11.0 Å². The molecule has 1 unspecified atom stereocenters. The molecular weight excluding hydrogens is 462 g/mol. The highest BCUT2D eigenvalue weighted by molar-refractivity contribution is 7.80. The molecule has 34 heavy (non-hydrogen) atoms. The minimum atomic E-state index is 0.0319. The fourth-order valence-corrected chi connectivity index (χ4v) is 5.44. The zero-order valence-electron chi connectivity index (χ0n) is 19.6. The van der Waals surface area contributed by atoms with Gasteiger partial charge in [0.05, 0.1) is 21.3 Å². The Hall–Kier alpha value is -2.54. The number of hydrogen-bond acceptors (Lipinski definition) is 5. The lowest BCUT2D eigenvalue weighted by Gasteiger charge is -2.23. The summed E-state index contributed by atoms with van der Waals surface area (Å²) in [5, 5.41) is 8.82. The van der Waals surface area contributed by atoms with Gasteiger partial charge in [-0.2, -0.15) is 5.10 Å². The molecule has 3 heterocycles. The molecule has 3 aliphatic rings. The molecule has 2 aliphatic heterocycles. The summed E-state index contributed by atoms with van der Waals surface area (Å²) in [7, 11) is 2.05. The summed E-state index contributed by atoms with van der Waals surface area (Å²) in [6.45, 7) is 7.15. The SMILES string of the molecule is C=CN(C)/C(CCc1ccc(Cl)cn1)=C(\C)c1ccc([C@H]2C[C@@H]2C2=NNC(=S)CC23CN3)cc1. The topological polar surface area (TPSA) is 62.5 Å². The summed E-state index contributed by atoms with van der Waals surface area (Å²) in [5.41, 5.74) is 10.5. The Labute approximate surface area is 212 Å². The van der Waals surface area contributed by atoms with Crippen molar-refractivity contribution >= 4 is 40.1 Å². The molecule has 3 atom stereocenters. The van der Waals surface area contributed by atoms with Gasteiger partial charge in [0.1, 0.15) is 0 Å². The predicted octanol–water partition coefficient (Wildman–Crippen LogP) is 5.30. The summed E-state index contributed by atoms with van der Waals surface area (Å²) in [6, 6.07) is 12.9. The standard InChI is InChI=1S/C27H30ClN5S/c1-4-33(3)24(12-11-21-10-9-20(28)15-29-21)17(2)18-5-7-19(8-6-18)22-13-23(22)26-27(16-30-27)14-25(34)31-32-26/h4-10,15,22-23,30H,1,11-14,16H2,2-3H3,(H,31,34)/b24-17+/t22-,23+,27?/m1/s1. The molecule has 0 bridgehead atoms. The number of hydrogen-bond donors (Lipinski definition) is 2. The summed E-state index contributed by atoms with van der Waals surface area (Å²) in [5.74, 6) is 1.04. The Balaban J connectivity index is 1.30. The second kappa shape index (κ2) is 9.25. The first-order chi connectivity index (χ1) is 16.4. The average molecular weight is 492 g/mol. The Kier molecular flexibility index (Phi) is 6.32. The highest BCUT2D eigenvalue weighted by Gasteiger charge is 2.57. The molecule has 1 aromatic heterocycles. The number of hydrazone groups is 1. The van der Waals surface area contributed by atoms with Crippen LogP contribution in [0.1, 0.15) is 48.9 Å². The molecule has 176 valence electrons. The maximum atomic E-state index is 5.98. The maximum absolute atomic E-state index is 5.98. The first-order valence-electron chi connectivity index (χ1n) is 11.8. The molecule has 5 nitrogen and oxygen atoms in total. The van der Waals surface area contributed by atoms with E-state index in [0.29, 0.717) is 16.9 Å². The smallest absolute Gasteiger partial charge is 0.0984 e. The van der Waals surface area contributed by atoms with Gasteiger partial charge in [-0.05, 0) is 67.1 Å². The van der Waals surface area contributed by atoms with Crippen LogP contribution in [0.3, 0.4) is 0 Å². The van der Waals surface area contributed by atoms with Crippen LogP contribution in [-0.4, -0.2) is 39.7 Å². The molecule has 1 spiro atoms. The third kappa shape index (κ3) is 4.67. The molecule has 2 N–H and O–H groups in total. The second-order valence-corrected chi connectivity index (χ2v) is 10.5. The van der Waals surface area contributed by atoms with E-state index in [-0.39, 0.29) is 5.54 Å². The van der Waals surface area contributed by atoms with Crippen LogP contribution < -0.4 is 10.7 Å². The van der Waals surface area contributed by atoms with Gasteiger partial charge in [-0.15, -0.1) is 0 Å². The molecule has 2 fully saturated rings. The second-order valence-electron chi connectivity index (χ2n) is 9.55. The van der Waals surface area contributed by atoms with Crippen molar-refractivity contribution in [3.63, 3.8) is 0 Å². The first-order valence-corrected chi connectivity index (χ1v) is 12.6. The molecule has 2 aromatic rings. The summed E-state index contributed by atoms with van der Waals surface area (Å²) in [4.78, 5) is 7.39. The Morgan fingerprint density at radius 1 is 1.26 bits per heavy atom. The largest absolute Gasteiger partial charge is 0.355 e. The van der Waals surface area contributed by atoms with Crippen LogP contribution in [0.4, 0.5) is 0 Å². The molecule has 0 amide bonds. The van der Waals surface area contributed by atoms with E-state index in [0.717, 1.165) is 42.9 Å². The summed E-state index contributed by atoms with van der Waals surface area (Å²) < 4.78 is 0. The zero-order chi connectivity index (χ0) is 23.9. The highest BCUT2D eigenvalue weighted by atomic mass is 35.5. The van der Waals surface area contributed by atoms with E-state index in [2.05, 4.69) is 70.5 Å². The van der Waals surface area contributed by atoms with Crippen molar-refractivity contribution in [3.05, 3.63) is 82.9 Å². The highest BCUT2D eigenvalue weighted by Crippen LogP contribution is 2.52. The van der Waals surface area contributed by atoms with Gasteiger partial charge in [0.2, 0.25) is 0 Å². The van der Waals surface area contributed by atoms with Crippen LogP contribution in [0.2, 0.25) is 5.02 Å². The van der Waals surface area contributed by atoms with Gasteiger partial charge < -0.3 is 10.2 Å². The van der Waals surface area contributed by atoms with Gasteiger partial charge in [0.25, 0.3) is 0 Å². The lowest BCUT2D eigenvalue weighted by molar-refractivity contribution is 0.539. The Morgan fingerprint density at radius 2 is 2.03 bits per heavy atom. The average Bonchev–Trinajstić information content (AvgIpc) is 3.78. The van der Waals surface area contributed by atoms with E-state index in [1.54, 1.807) is 6.20 Å². The fraction of sp³-hybridized carbons (Fsp3) is 0.370. The van der Waals surface area contributed by atoms with Crippen LogP contribution in [0.15, 0.2) is 66.2 Å². The van der Waals surface area contributed by atoms with Gasteiger partial charge in [0, 0.05) is 43.5 Å². The van der Waals surface area contributed by atoms with Crippen LogP contribution in [-0.2, 0) is 6.42 Å². The van der Waals surface area contributed by atoms with Crippen molar-refractivity contribution in [2.75, 3.05) is 13.6 Å². The maximum Gasteiger partial charge on any atom is 0.0984 e. The summed E-state index contributed by atoms with van der Waals surface area (Å²) in [6.07, 6.45) is 7.32.